The van der Waals surface area contributed by atoms with Crippen molar-refractivity contribution in [3.05, 3.63) is 68.1 Å². The third kappa shape index (κ3) is 2.89. The van der Waals surface area contributed by atoms with Gasteiger partial charge in [-0.25, -0.2) is 0 Å². The van der Waals surface area contributed by atoms with Gasteiger partial charge in [0, 0.05) is 4.47 Å². The van der Waals surface area contributed by atoms with Gasteiger partial charge in [0.2, 0.25) is 0 Å². The molecular weight excluding hydrogens is 333 g/mol. The van der Waals surface area contributed by atoms with E-state index in [1.807, 2.05) is 31.3 Å². The summed E-state index contributed by atoms with van der Waals surface area (Å²) in [4.78, 5) is 0. The number of benzene rings is 2. The van der Waals surface area contributed by atoms with Gasteiger partial charge in [0.15, 0.2) is 0 Å². The molecule has 1 unspecified atom stereocenters. The van der Waals surface area contributed by atoms with Gasteiger partial charge in [-0.05, 0) is 36.4 Å². The molecule has 18 heavy (non-hydrogen) atoms. The van der Waals surface area contributed by atoms with E-state index in [-0.39, 0.29) is 6.04 Å². The van der Waals surface area contributed by atoms with E-state index in [0.29, 0.717) is 10.0 Å². The van der Waals surface area contributed by atoms with Crippen LogP contribution >= 0.6 is 39.1 Å². The molecule has 0 saturated carbocycles. The molecule has 4 heteroatoms. The van der Waals surface area contributed by atoms with Crippen LogP contribution in [0.15, 0.2) is 46.9 Å². The van der Waals surface area contributed by atoms with Gasteiger partial charge in [-0.2, -0.15) is 0 Å². The Morgan fingerprint density at radius 2 is 1.72 bits per heavy atom. The maximum absolute atomic E-state index is 6.27. The molecule has 1 atom stereocenters. The van der Waals surface area contributed by atoms with Crippen molar-refractivity contribution >= 4 is 39.1 Å². The minimum atomic E-state index is 0.0318. The molecule has 2 rings (SSSR count). The monoisotopic (exact) mass is 343 g/mol. The third-order valence-electron chi connectivity index (χ3n) is 2.78. The molecule has 94 valence electrons. The van der Waals surface area contributed by atoms with Crippen LogP contribution in [0, 0.1) is 0 Å². The zero-order valence-corrected chi connectivity index (χ0v) is 12.9. The summed E-state index contributed by atoms with van der Waals surface area (Å²) in [5.41, 5.74) is 2.12. The highest BCUT2D eigenvalue weighted by atomic mass is 79.9. The quantitative estimate of drug-likeness (QED) is 0.820. The van der Waals surface area contributed by atoms with Crippen molar-refractivity contribution in [2.75, 3.05) is 7.05 Å². The van der Waals surface area contributed by atoms with E-state index in [9.17, 15) is 0 Å². The first-order chi connectivity index (χ1) is 8.63. The summed E-state index contributed by atoms with van der Waals surface area (Å²) in [6.45, 7) is 0. The van der Waals surface area contributed by atoms with Crippen molar-refractivity contribution in [2.24, 2.45) is 0 Å². The maximum atomic E-state index is 6.27. The van der Waals surface area contributed by atoms with Crippen molar-refractivity contribution in [3.8, 4) is 0 Å². The van der Waals surface area contributed by atoms with Crippen molar-refractivity contribution < 1.29 is 0 Å². The van der Waals surface area contributed by atoms with E-state index < -0.39 is 0 Å². The Balaban J connectivity index is 2.45. The van der Waals surface area contributed by atoms with E-state index in [1.165, 1.54) is 0 Å². The molecule has 0 amide bonds. The lowest BCUT2D eigenvalue weighted by Gasteiger charge is -2.19. The third-order valence-corrected chi connectivity index (χ3v) is 4.15. The van der Waals surface area contributed by atoms with Gasteiger partial charge in [0.1, 0.15) is 0 Å². The summed E-state index contributed by atoms with van der Waals surface area (Å²) in [6, 6.07) is 13.9. The lowest BCUT2D eigenvalue weighted by molar-refractivity contribution is 0.692. The summed E-state index contributed by atoms with van der Waals surface area (Å²) < 4.78 is 1.05. The minimum absolute atomic E-state index is 0.0318. The highest BCUT2D eigenvalue weighted by Gasteiger charge is 2.16. The molecule has 1 nitrogen and oxygen atoms in total. The van der Waals surface area contributed by atoms with Crippen LogP contribution in [0.4, 0.5) is 0 Å². The van der Waals surface area contributed by atoms with E-state index in [2.05, 4.69) is 33.4 Å². The van der Waals surface area contributed by atoms with Crippen LogP contribution in [0.3, 0.4) is 0 Å². The Hall–Kier alpha value is -0.540. The molecule has 0 fully saturated rings. The summed E-state index contributed by atoms with van der Waals surface area (Å²) in [6.07, 6.45) is 0. The first-order valence-electron chi connectivity index (χ1n) is 5.50. The molecule has 0 saturated heterocycles. The van der Waals surface area contributed by atoms with Crippen LogP contribution in [-0.2, 0) is 0 Å². The van der Waals surface area contributed by atoms with E-state index in [1.54, 1.807) is 6.07 Å². The predicted molar refractivity (Wildman–Crippen MR) is 81.5 cm³/mol. The molecule has 0 spiro atoms. The molecule has 0 bridgehead atoms. The minimum Gasteiger partial charge on any atom is -0.309 e. The second-order valence-corrected chi connectivity index (χ2v) is 5.62. The fourth-order valence-electron chi connectivity index (χ4n) is 1.90. The average Bonchev–Trinajstić information content (AvgIpc) is 2.37. The second-order valence-electron chi connectivity index (χ2n) is 3.92. The molecular formula is C14H12BrCl2N. The SMILES string of the molecule is CNC(c1ccc(Br)cc1)c1cccc(Cl)c1Cl. The number of rotatable bonds is 3. The first-order valence-corrected chi connectivity index (χ1v) is 7.05. The second kappa shape index (κ2) is 6.07. The first kappa shape index (κ1) is 13.9. The zero-order chi connectivity index (χ0) is 13.1. The molecule has 0 radical (unpaired) electrons. The average molecular weight is 345 g/mol. The Morgan fingerprint density at radius 1 is 1.06 bits per heavy atom. The van der Waals surface area contributed by atoms with Crippen LogP contribution in [0.2, 0.25) is 10.0 Å². The van der Waals surface area contributed by atoms with Gasteiger partial charge in [0.05, 0.1) is 16.1 Å². The van der Waals surface area contributed by atoms with Gasteiger partial charge in [-0.1, -0.05) is 63.4 Å². The normalized spacial score (nSPS) is 12.4. The maximum Gasteiger partial charge on any atom is 0.0643 e. The molecule has 0 aliphatic rings. The number of halogens is 3. The smallest absolute Gasteiger partial charge is 0.0643 e. The molecule has 0 aliphatic carbocycles. The standard InChI is InChI=1S/C14H12BrCl2N/c1-18-14(9-5-7-10(15)8-6-9)11-3-2-4-12(16)13(11)17/h2-8,14,18H,1H3. The number of nitrogens with one attached hydrogen (secondary N) is 1. The molecule has 2 aromatic rings. The van der Waals surface area contributed by atoms with Crippen LogP contribution in [0.5, 0.6) is 0 Å². The molecule has 1 N–H and O–H groups in total. The number of hydrogen-bond donors (Lipinski definition) is 1. The molecule has 0 heterocycles. The van der Waals surface area contributed by atoms with E-state index in [4.69, 9.17) is 23.2 Å². The van der Waals surface area contributed by atoms with Crippen molar-refractivity contribution in [3.63, 3.8) is 0 Å². The van der Waals surface area contributed by atoms with Crippen molar-refractivity contribution in [1.29, 1.82) is 0 Å². The van der Waals surface area contributed by atoms with Gasteiger partial charge >= 0.3 is 0 Å². The van der Waals surface area contributed by atoms with Crippen LogP contribution in [-0.4, -0.2) is 7.05 Å². The predicted octanol–water partition coefficient (Wildman–Crippen LogP) is 5.06. The van der Waals surface area contributed by atoms with Gasteiger partial charge in [0.25, 0.3) is 0 Å². The van der Waals surface area contributed by atoms with Crippen molar-refractivity contribution in [2.45, 2.75) is 6.04 Å². The van der Waals surface area contributed by atoms with Gasteiger partial charge in [-0.15, -0.1) is 0 Å². The summed E-state index contributed by atoms with van der Waals surface area (Å²) in [5.74, 6) is 0. The summed E-state index contributed by atoms with van der Waals surface area (Å²) >= 11 is 15.8. The van der Waals surface area contributed by atoms with E-state index in [0.717, 1.165) is 15.6 Å². The fraction of sp³-hybridized carbons (Fsp3) is 0.143. The molecule has 2 aromatic carbocycles. The highest BCUT2D eigenvalue weighted by Crippen LogP contribution is 2.33. The Labute approximate surface area is 125 Å². The highest BCUT2D eigenvalue weighted by molar-refractivity contribution is 9.10. The zero-order valence-electron chi connectivity index (χ0n) is 9.75. The topological polar surface area (TPSA) is 12.0 Å². The number of hydrogen-bond acceptors (Lipinski definition) is 1. The van der Waals surface area contributed by atoms with Gasteiger partial charge < -0.3 is 5.32 Å². The Kier molecular flexibility index (Phi) is 4.68. The van der Waals surface area contributed by atoms with Crippen molar-refractivity contribution in [1.82, 2.24) is 5.32 Å². The Morgan fingerprint density at radius 3 is 2.33 bits per heavy atom. The van der Waals surface area contributed by atoms with Gasteiger partial charge in [-0.3, -0.25) is 0 Å². The van der Waals surface area contributed by atoms with Crippen LogP contribution < -0.4 is 5.32 Å². The summed E-state index contributed by atoms with van der Waals surface area (Å²) in [7, 11) is 1.91. The van der Waals surface area contributed by atoms with Crippen LogP contribution in [0.1, 0.15) is 17.2 Å². The Bertz CT molecular complexity index is 540. The molecule has 0 aromatic heterocycles. The molecule has 0 aliphatic heterocycles. The lowest BCUT2D eigenvalue weighted by atomic mass is 9.99. The lowest BCUT2D eigenvalue weighted by Crippen LogP contribution is -2.18. The largest absolute Gasteiger partial charge is 0.309 e. The van der Waals surface area contributed by atoms with Crippen LogP contribution in [0.25, 0.3) is 0 Å². The van der Waals surface area contributed by atoms with E-state index >= 15 is 0 Å². The summed E-state index contributed by atoms with van der Waals surface area (Å²) in [5, 5.41) is 4.44. The fourth-order valence-corrected chi connectivity index (χ4v) is 2.58.